The van der Waals surface area contributed by atoms with Crippen LogP contribution in [0.3, 0.4) is 0 Å². The van der Waals surface area contributed by atoms with E-state index in [1.807, 2.05) is 19.9 Å². The molecule has 0 atom stereocenters. The van der Waals surface area contributed by atoms with Crippen molar-refractivity contribution >= 4 is 23.2 Å². The van der Waals surface area contributed by atoms with Gasteiger partial charge in [0.15, 0.2) is 0 Å². The number of methoxy groups -OCH3 is 1. The molecule has 0 aliphatic carbocycles. The van der Waals surface area contributed by atoms with E-state index >= 15 is 0 Å². The standard InChI is InChI=1S/C13H19NO3S/c1-8-6-10(18-9(8)2)11(15)14-7-13(3,4)12(16)17-5/h6H,7H2,1-5H3,(H,14,15). The van der Waals surface area contributed by atoms with E-state index in [0.29, 0.717) is 4.88 Å². The van der Waals surface area contributed by atoms with Gasteiger partial charge in [-0.3, -0.25) is 9.59 Å². The van der Waals surface area contributed by atoms with Crippen molar-refractivity contribution in [3.63, 3.8) is 0 Å². The molecule has 0 fully saturated rings. The Morgan fingerprint density at radius 2 is 2.00 bits per heavy atom. The number of ether oxygens (including phenoxy) is 1. The van der Waals surface area contributed by atoms with Gasteiger partial charge < -0.3 is 10.1 Å². The smallest absolute Gasteiger partial charge is 0.313 e. The summed E-state index contributed by atoms with van der Waals surface area (Å²) in [6, 6.07) is 1.86. The minimum atomic E-state index is -0.717. The lowest BCUT2D eigenvalue weighted by Crippen LogP contribution is -2.39. The SMILES string of the molecule is COC(=O)C(C)(C)CNC(=O)c1cc(C)c(C)s1. The molecule has 5 heteroatoms. The highest BCUT2D eigenvalue weighted by molar-refractivity contribution is 7.14. The summed E-state index contributed by atoms with van der Waals surface area (Å²) in [5, 5.41) is 2.77. The number of carbonyl (C=O) groups excluding carboxylic acids is 2. The fourth-order valence-corrected chi connectivity index (χ4v) is 2.37. The molecule has 0 aliphatic heterocycles. The number of nitrogens with one attached hydrogen (secondary N) is 1. The molecular weight excluding hydrogens is 250 g/mol. The molecule has 1 heterocycles. The second-order valence-electron chi connectivity index (χ2n) is 4.91. The van der Waals surface area contributed by atoms with E-state index in [9.17, 15) is 9.59 Å². The fourth-order valence-electron chi connectivity index (χ4n) is 1.42. The lowest BCUT2D eigenvalue weighted by atomic mass is 9.94. The number of hydrogen-bond donors (Lipinski definition) is 1. The highest BCUT2D eigenvalue weighted by atomic mass is 32.1. The van der Waals surface area contributed by atoms with Crippen molar-refractivity contribution in [3.8, 4) is 0 Å². The second-order valence-corrected chi connectivity index (χ2v) is 6.16. The normalized spacial score (nSPS) is 11.2. The summed E-state index contributed by atoms with van der Waals surface area (Å²) in [6.45, 7) is 7.69. The number of amides is 1. The summed E-state index contributed by atoms with van der Waals surface area (Å²) >= 11 is 1.46. The highest BCUT2D eigenvalue weighted by Gasteiger charge is 2.29. The van der Waals surface area contributed by atoms with Crippen molar-refractivity contribution in [1.29, 1.82) is 0 Å². The minimum Gasteiger partial charge on any atom is -0.469 e. The van der Waals surface area contributed by atoms with Crippen LogP contribution in [-0.2, 0) is 9.53 Å². The van der Waals surface area contributed by atoms with Gasteiger partial charge in [0.2, 0.25) is 0 Å². The Bertz CT molecular complexity index is 443. The van der Waals surface area contributed by atoms with Crippen LogP contribution in [0.4, 0.5) is 0 Å². The van der Waals surface area contributed by atoms with Crippen LogP contribution in [0.2, 0.25) is 0 Å². The first-order valence-corrected chi connectivity index (χ1v) is 6.53. The maximum Gasteiger partial charge on any atom is 0.313 e. The fraction of sp³-hybridized carbons (Fsp3) is 0.538. The van der Waals surface area contributed by atoms with Gasteiger partial charge in [-0.2, -0.15) is 0 Å². The molecule has 0 saturated carbocycles. The van der Waals surface area contributed by atoms with E-state index in [1.165, 1.54) is 18.4 Å². The number of aryl methyl sites for hydroxylation is 2. The molecule has 0 saturated heterocycles. The molecule has 1 aromatic rings. The summed E-state index contributed by atoms with van der Waals surface area (Å²) in [7, 11) is 1.35. The molecule has 1 amide bonds. The van der Waals surface area contributed by atoms with Gasteiger partial charge in [0.05, 0.1) is 17.4 Å². The predicted octanol–water partition coefficient (Wildman–Crippen LogP) is 2.29. The highest BCUT2D eigenvalue weighted by Crippen LogP contribution is 2.21. The Morgan fingerprint density at radius 1 is 1.39 bits per heavy atom. The van der Waals surface area contributed by atoms with E-state index in [-0.39, 0.29) is 18.4 Å². The molecule has 18 heavy (non-hydrogen) atoms. The number of thiophene rings is 1. The van der Waals surface area contributed by atoms with E-state index in [4.69, 9.17) is 0 Å². The number of esters is 1. The first-order valence-electron chi connectivity index (χ1n) is 5.71. The summed E-state index contributed by atoms with van der Waals surface area (Å²) in [6.07, 6.45) is 0. The molecule has 0 aliphatic rings. The Labute approximate surface area is 111 Å². The molecule has 0 spiro atoms. The van der Waals surface area contributed by atoms with Crippen LogP contribution in [0.15, 0.2) is 6.07 Å². The summed E-state index contributed by atoms with van der Waals surface area (Å²) in [4.78, 5) is 25.2. The maximum absolute atomic E-state index is 11.9. The molecule has 100 valence electrons. The molecule has 0 unspecified atom stereocenters. The van der Waals surface area contributed by atoms with E-state index in [1.54, 1.807) is 13.8 Å². The predicted molar refractivity (Wildman–Crippen MR) is 71.9 cm³/mol. The molecule has 1 aromatic heterocycles. The van der Waals surface area contributed by atoms with Gasteiger partial charge in [-0.05, 0) is 39.3 Å². The van der Waals surface area contributed by atoms with Gasteiger partial charge in [-0.15, -0.1) is 11.3 Å². The van der Waals surface area contributed by atoms with Crippen LogP contribution in [0.1, 0.15) is 34.0 Å². The summed E-state index contributed by atoms with van der Waals surface area (Å²) in [5.41, 5.74) is 0.392. The van der Waals surface area contributed by atoms with Crippen LogP contribution in [0.5, 0.6) is 0 Å². The van der Waals surface area contributed by atoms with Gasteiger partial charge in [0.25, 0.3) is 5.91 Å². The quantitative estimate of drug-likeness (QED) is 0.853. The molecule has 1 N–H and O–H groups in total. The van der Waals surface area contributed by atoms with Crippen LogP contribution >= 0.6 is 11.3 Å². The molecule has 0 radical (unpaired) electrons. The molecule has 4 nitrogen and oxygen atoms in total. The molecular formula is C13H19NO3S. The van der Waals surface area contributed by atoms with Gasteiger partial charge in [0, 0.05) is 11.4 Å². The number of rotatable bonds is 4. The first kappa shape index (κ1) is 14.7. The van der Waals surface area contributed by atoms with Crippen molar-refractivity contribution in [2.75, 3.05) is 13.7 Å². The van der Waals surface area contributed by atoms with Crippen LogP contribution in [0.25, 0.3) is 0 Å². The summed E-state index contributed by atoms with van der Waals surface area (Å²) in [5.74, 6) is -0.477. The zero-order valence-electron chi connectivity index (χ0n) is 11.4. The van der Waals surface area contributed by atoms with Crippen molar-refractivity contribution in [2.45, 2.75) is 27.7 Å². The molecule has 0 bridgehead atoms. The Morgan fingerprint density at radius 3 is 2.44 bits per heavy atom. The lowest BCUT2D eigenvalue weighted by Gasteiger charge is -2.21. The summed E-state index contributed by atoms with van der Waals surface area (Å²) < 4.78 is 4.69. The zero-order chi connectivity index (χ0) is 13.9. The minimum absolute atomic E-state index is 0.145. The largest absolute Gasteiger partial charge is 0.469 e. The third-order valence-electron chi connectivity index (χ3n) is 2.82. The Hall–Kier alpha value is -1.36. The van der Waals surface area contributed by atoms with E-state index in [0.717, 1.165) is 10.4 Å². The monoisotopic (exact) mass is 269 g/mol. The van der Waals surface area contributed by atoms with Gasteiger partial charge in [-0.1, -0.05) is 0 Å². The third-order valence-corrected chi connectivity index (χ3v) is 3.97. The van der Waals surface area contributed by atoms with Crippen molar-refractivity contribution in [3.05, 3.63) is 21.4 Å². The van der Waals surface area contributed by atoms with Crippen LogP contribution < -0.4 is 5.32 Å². The zero-order valence-corrected chi connectivity index (χ0v) is 12.2. The van der Waals surface area contributed by atoms with Crippen molar-refractivity contribution in [2.24, 2.45) is 5.41 Å². The van der Waals surface area contributed by atoms with Crippen molar-refractivity contribution < 1.29 is 14.3 Å². The first-order chi connectivity index (χ1) is 8.27. The topological polar surface area (TPSA) is 55.4 Å². The van der Waals surface area contributed by atoms with E-state index in [2.05, 4.69) is 10.1 Å². The molecule has 1 rings (SSSR count). The van der Waals surface area contributed by atoms with Crippen molar-refractivity contribution in [1.82, 2.24) is 5.32 Å². The van der Waals surface area contributed by atoms with Gasteiger partial charge in [0.1, 0.15) is 0 Å². The Balaban J connectivity index is 2.64. The van der Waals surface area contributed by atoms with Crippen LogP contribution in [-0.4, -0.2) is 25.5 Å². The van der Waals surface area contributed by atoms with Crippen LogP contribution in [0, 0.1) is 19.3 Å². The Kier molecular flexibility index (Phi) is 4.51. The van der Waals surface area contributed by atoms with Gasteiger partial charge >= 0.3 is 5.97 Å². The maximum atomic E-state index is 11.9. The average Bonchev–Trinajstić information content (AvgIpc) is 2.65. The molecule has 0 aromatic carbocycles. The second kappa shape index (κ2) is 5.52. The average molecular weight is 269 g/mol. The third kappa shape index (κ3) is 3.32. The van der Waals surface area contributed by atoms with Gasteiger partial charge in [-0.25, -0.2) is 0 Å². The number of carbonyl (C=O) groups is 2. The lowest BCUT2D eigenvalue weighted by molar-refractivity contribution is -0.150. The van der Waals surface area contributed by atoms with E-state index < -0.39 is 5.41 Å². The number of hydrogen-bond acceptors (Lipinski definition) is 4.